The van der Waals surface area contributed by atoms with Crippen molar-refractivity contribution in [3.8, 4) is 0 Å². The number of sulfonamides is 1. The van der Waals surface area contributed by atoms with E-state index in [1.54, 1.807) is 30.3 Å². The second-order valence-corrected chi connectivity index (χ2v) is 6.12. The summed E-state index contributed by atoms with van der Waals surface area (Å²) in [6, 6.07) is 6.96. The van der Waals surface area contributed by atoms with Crippen molar-refractivity contribution in [1.82, 2.24) is 4.31 Å². The quantitative estimate of drug-likeness (QED) is 0.607. The number of rotatable bonds is 7. The average molecular weight is 268 g/mol. The van der Waals surface area contributed by atoms with Gasteiger partial charge in [-0.05, 0) is 24.1 Å². The number of nitrogens with zero attached hydrogens (tertiary/aromatic N) is 1. The first-order chi connectivity index (χ1) is 8.49. The molecular formula is C13H20N2O2S. The lowest BCUT2D eigenvalue weighted by Gasteiger charge is -2.20. The van der Waals surface area contributed by atoms with Crippen molar-refractivity contribution in [3.63, 3.8) is 0 Å². The number of nitrogens with two attached hydrogens (primary N) is 1. The minimum absolute atomic E-state index is 0.0219. The Bertz CT molecular complexity index is 497. The molecule has 0 aromatic heterocycles. The van der Waals surface area contributed by atoms with Crippen LogP contribution in [0.2, 0.25) is 0 Å². The van der Waals surface area contributed by atoms with Crippen molar-refractivity contribution in [1.29, 1.82) is 0 Å². The van der Waals surface area contributed by atoms with Crippen LogP contribution in [0.5, 0.6) is 0 Å². The number of anilines is 1. The molecule has 2 N–H and O–H groups in total. The Labute approximate surface area is 109 Å². The lowest BCUT2D eigenvalue weighted by atomic mass is 10.2. The Morgan fingerprint density at radius 2 is 2.17 bits per heavy atom. The third-order valence-electron chi connectivity index (χ3n) is 2.50. The first kappa shape index (κ1) is 14.7. The molecule has 5 heteroatoms. The number of nitrogen functional groups attached to an aromatic ring is 1. The topological polar surface area (TPSA) is 63.4 Å². The van der Waals surface area contributed by atoms with Gasteiger partial charge >= 0.3 is 0 Å². The van der Waals surface area contributed by atoms with Gasteiger partial charge in [0, 0.05) is 18.8 Å². The summed E-state index contributed by atoms with van der Waals surface area (Å²) in [7, 11) is -3.31. The molecule has 0 amide bonds. The van der Waals surface area contributed by atoms with Crippen molar-refractivity contribution < 1.29 is 8.42 Å². The van der Waals surface area contributed by atoms with E-state index in [0.29, 0.717) is 24.3 Å². The molecule has 0 bridgehead atoms. The second kappa shape index (κ2) is 6.56. The van der Waals surface area contributed by atoms with Gasteiger partial charge in [0.25, 0.3) is 0 Å². The van der Waals surface area contributed by atoms with Crippen LogP contribution < -0.4 is 5.73 Å². The van der Waals surface area contributed by atoms with Gasteiger partial charge in [-0.2, -0.15) is 4.31 Å². The van der Waals surface area contributed by atoms with Crippen molar-refractivity contribution in [2.24, 2.45) is 0 Å². The Morgan fingerprint density at radius 1 is 1.44 bits per heavy atom. The minimum atomic E-state index is -3.31. The normalized spacial score (nSPS) is 11.7. The van der Waals surface area contributed by atoms with Crippen LogP contribution in [0, 0.1) is 0 Å². The van der Waals surface area contributed by atoms with Crippen LogP contribution in [0.15, 0.2) is 36.9 Å². The van der Waals surface area contributed by atoms with Gasteiger partial charge in [0.05, 0.1) is 5.75 Å². The van der Waals surface area contributed by atoms with Crippen LogP contribution in [0.4, 0.5) is 5.69 Å². The van der Waals surface area contributed by atoms with Crippen LogP contribution in [0.25, 0.3) is 0 Å². The summed E-state index contributed by atoms with van der Waals surface area (Å²) in [4.78, 5) is 0. The molecule has 0 fully saturated rings. The molecule has 0 heterocycles. The molecule has 0 saturated carbocycles. The molecule has 0 saturated heterocycles. The fraction of sp³-hybridized carbons (Fsp3) is 0.385. The Morgan fingerprint density at radius 3 is 2.72 bits per heavy atom. The highest BCUT2D eigenvalue weighted by Gasteiger charge is 2.20. The van der Waals surface area contributed by atoms with Gasteiger partial charge < -0.3 is 5.73 Å². The van der Waals surface area contributed by atoms with Crippen LogP contribution in [-0.4, -0.2) is 25.8 Å². The monoisotopic (exact) mass is 268 g/mol. The molecular weight excluding hydrogens is 248 g/mol. The molecule has 0 aliphatic heterocycles. The fourth-order valence-electron chi connectivity index (χ4n) is 1.72. The third-order valence-corrected chi connectivity index (χ3v) is 4.32. The highest BCUT2D eigenvalue weighted by atomic mass is 32.2. The van der Waals surface area contributed by atoms with Gasteiger partial charge in [-0.1, -0.05) is 25.1 Å². The zero-order chi connectivity index (χ0) is 13.6. The van der Waals surface area contributed by atoms with E-state index in [0.717, 1.165) is 6.42 Å². The van der Waals surface area contributed by atoms with Gasteiger partial charge in [-0.3, -0.25) is 0 Å². The van der Waals surface area contributed by atoms with E-state index in [1.807, 2.05) is 6.92 Å². The van der Waals surface area contributed by atoms with E-state index >= 15 is 0 Å². The first-order valence-electron chi connectivity index (χ1n) is 5.92. The molecule has 0 radical (unpaired) electrons. The molecule has 0 aliphatic rings. The summed E-state index contributed by atoms with van der Waals surface area (Å²) in [5.41, 5.74) is 6.93. The first-order valence-corrected chi connectivity index (χ1v) is 7.53. The maximum absolute atomic E-state index is 12.2. The predicted octanol–water partition coefficient (Wildman–Crippen LogP) is 2.00. The van der Waals surface area contributed by atoms with Gasteiger partial charge in [-0.25, -0.2) is 8.42 Å². The molecule has 1 aromatic rings. The largest absolute Gasteiger partial charge is 0.399 e. The molecule has 1 rings (SSSR count). The van der Waals surface area contributed by atoms with Crippen LogP contribution in [0.3, 0.4) is 0 Å². The smallest absolute Gasteiger partial charge is 0.218 e. The van der Waals surface area contributed by atoms with Gasteiger partial charge in [0.2, 0.25) is 10.0 Å². The van der Waals surface area contributed by atoms with Crippen LogP contribution in [0.1, 0.15) is 18.9 Å². The van der Waals surface area contributed by atoms with Gasteiger partial charge in [0.15, 0.2) is 0 Å². The lowest BCUT2D eigenvalue weighted by Crippen LogP contribution is -2.33. The number of benzene rings is 1. The molecule has 4 nitrogen and oxygen atoms in total. The predicted molar refractivity (Wildman–Crippen MR) is 75.5 cm³/mol. The fourth-order valence-corrected chi connectivity index (χ4v) is 3.30. The Balaban J connectivity index is 2.88. The van der Waals surface area contributed by atoms with Crippen molar-refractivity contribution in [2.75, 3.05) is 18.8 Å². The molecule has 0 atom stereocenters. The summed E-state index contributed by atoms with van der Waals surface area (Å²) in [5, 5.41) is 0. The van der Waals surface area contributed by atoms with E-state index in [1.165, 1.54) is 4.31 Å². The minimum Gasteiger partial charge on any atom is -0.399 e. The van der Waals surface area contributed by atoms with Gasteiger partial charge in [0.1, 0.15) is 0 Å². The van der Waals surface area contributed by atoms with Crippen LogP contribution >= 0.6 is 0 Å². The summed E-state index contributed by atoms with van der Waals surface area (Å²) in [5.74, 6) is -0.0219. The highest BCUT2D eigenvalue weighted by molar-refractivity contribution is 7.88. The van der Waals surface area contributed by atoms with E-state index < -0.39 is 10.0 Å². The maximum atomic E-state index is 12.2. The lowest BCUT2D eigenvalue weighted by molar-refractivity contribution is 0.441. The maximum Gasteiger partial charge on any atom is 0.218 e. The molecule has 0 aliphatic carbocycles. The second-order valence-electron chi connectivity index (χ2n) is 4.15. The van der Waals surface area contributed by atoms with Gasteiger partial charge in [-0.15, -0.1) is 6.58 Å². The van der Waals surface area contributed by atoms with E-state index in [-0.39, 0.29) is 5.75 Å². The average Bonchev–Trinajstić information content (AvgIpc) is 2.28. The molecule has 0 spiro atoms. The summed E-state index contributed by atoms with van der Waals surface area (Å²) < 4.78 is 25.9. The number of hydrogen-bond acceptors (Lipinski definition) is 3. The molecule has 18 heavy (non-hydrogen) atoms. The molecule has 0 unspecified atom stereocenters. The summed E-state index contributed by atoms with van der Waals surface area (Å²) in [6.45, 7) is 6.40. The zero-order valence-electron chi connectivity index (χ0n) is 10.7. The SMILES string of the molecule is C=CCN(CCC)S(=O)(=O)Cc1cccc(N)c1. The molecule has 1 aromatic carbocycles. The van der Waals surface area contributed by atoms with Crippen molar-refractivity contribution in [3.05, 3.63) is 42.5 Å². The summed E-state index contributed by atoms with van der Waals surface area (Å²) >= 11 is 0. The number of hydrogen-bond donors (Lipinski definition) is 1. The molecule has 100 valence electrons. The van der Waals surface area contributed by atoms with Crippen molar-refractivity contribution in [2.45, 2.75) is 19.1 Å². The van der Waals surface area contributed by atoms with E-state index in [9.17, 15) is 8.42 Å². The highest BCUT2D eigenvalue weighted by Crippen LogP contribution is 2.14. The third kappa shape index (κ3) is 4.16. The standard InChI is InChI=1S/C13H20N2O2S/c1-3-8-15(9-4-2)18(16,17)11-12-6-5-7-13(14)10-12/h3,5-7,10H,1,4,8-9,11,14H2,2H3. The van der Waals surface area contributed by atoms with Crippen LogP contribution in [-0.2, 0) is 15.8 Å². The van der Waals surface area contributed by atoms with E-state index in [4.69, 9.17) is 5.73 Å². The van der Waals surface area contributed by atoms with Crippen molar-refractivity contribution >= 4 is 15.7 Å². The van der Waals surface area contributed by atoms with E-state index in [2.05, 4.69) is 6.58 Å². The summed E-state index contributed by atoms with van der Waals surface area (Å²) in [6.07, 6.45) is 2.39. The zero-order valence-corrected chi connectivity index (χ0v) is 11.5. The Kier molecular flexibility index (Phi) is 5.37. The Hall–Kier alpha value is -1.33.